The van der Waals surface area contributed by atoms with E-state index in [2.05, 4.69) is 27.0 Å². The van der Waals surface area contributed by atoms with Crippen molar-refractivity contribution in [3.63, 3.8) is 0 Å². The molecule has 2 rings (SSSR count). The number of aryl methyl sites for hydroxylation is 1. The van der Waals surface area contributed by atoms with Crippen molar-refractivity contribution in [2.75, 3.05) is 13.7 Å². The van der Waals surface area contributed by atoms with E-state index in [1.807, 2.05) is 6.92 Å². The van der Waals surface area contributed by atoms with Gasteiger partial charge in [0.15, 0.2) is 5.82 Å². The zero-order valence-electron chi connectivity index (χ0n) is 11.9. The number of aromatic amines is 1. The molecule has 21 heavy (non-hydrogen) atoms. The Morgan fingerprint density at radius 1 is 1.48 bits per heavy atom. The molecule has 0 bridgehead atoms. The van der Waals surface area contributed by atoms with Crippen molar-refractivity contribution in [2.45, 2.75) is 13.5 Å². The molecule has 1 heterocycles. The van der Waals surface area contributed by atoms with E-state index in [0.717, 1.165) is 0 Å². The Balaban J connectivity index is 2.11. The van der Waals surface area contributed by atoms with Crippen LogP contribution in [0.4, 0.5) is 0 Å². The molecule has 2 aromatic rings. The number of carbonyl (C=O) groups is 1. The van der Waals surface area contributed by atoms with Crippen LogP contribution < -0.4 is 0 Å². The average molecular weight is 284 g/mol. The second kappa shape index (κ2) is 6.68. The number of hydrogen-bond donors (Lipinski definition) is 2. The van der Waals surface area contributed by atoms with Gasteiger partial charge in [-0.05, 0) is 25.1 Å². The SMILES string of the molecule is Cc1nc(CN(C)C(=O)c2cccc(C#CCO)c2)n[nH]1. The van der Waals surface area contributed by atoms with Gasteiger partial charge in [-0.3, -0.25) is 9.89 Å². The van der Waals surface area contributed by atoms with E-state index >= 15 is 0 Å². The fourth-order valence-corrected chi connectivity index (χ4v) is 1.84. The van der Waals surface area contributed by atoms with Gasteiger partial charge in [0, 0.05) is 18.2 Å². The summed E-state index contributed by atoms with van der Waals surface area (Å²) in [5.74, 6) is 6.49. The van der Waals surface area contributed by atoms with E-state index in [0.29, 0.717) is 29.3 Å². The average Bonchev–Trinajstić information content (AvgIpc) is 2.89. The number of hydrogen-bond acceptors (Lipinski definition) is 4. The van der Waals surface area contributed by atoms with Gasteiger partial charge < -0.3 is 10.0 Å². The van der Waals surface area contributed by atoms with Crippen LogP contribution in [-0.4, -0.2) is 44.7 Å². The first-order valence-electron chi connectivity index (χ1n) is 6.43. The Morgan fingerprint density at radius 3 is 2.95 bits per heavy atom. The molecule has 0 fully saturated rings. The van der Waals surface area contributed by atoms with Gasteiger partial charge in [0.25, 0.3) is 5.91 Å². The number of benzene rings is 1. The highest BCUT2D eigenvalue weighted by atomic mass is 16.2. The Labute approximate surface area is 122 Å². The van der Waals surface area contributed by atoms with E-state index in [4.69, 9.17) is 5.11 Å². The molecule has 0 aliphatic heterocycles. The highest BCUT2D eigenvalue weighted by Gasteiger charge is 2.14. The summed E-state index contributed by atoms with van der Waals surface area (Å²) in [5, 5.41) is 15.4. The van der Waals surface area contributed by atoms with E-state index in [9.17, 15) is 4.79 Å². The topological polar surface area (TPSA) is 82.1 Å². The molecular formula is C15H16N4O2. The van der Waals surface area contributed by atoms with Gasteiger partial charge in [0.1, 0.15) is 12.4 Å². The molecule has 1 aromatic carbocycles. The first kappa shape index (κ1) is 14.8. The van der Waals surface area contributed by atoms with Crippen molar-refractivity contribution in [3.8, 4) is 11.8 Å². The second-order valence-electron chi connectivity index (χ2n) is 4.54. The Kier molecular flexibility index (Phi) is 4.69. The van der Waals surface area contributed by atoms with Crippen molar-refractivity contribution in [2.24, 2.45) is 0 Å². The number of amides is 1. The Morgan fingerprint density at radius 2 is 2.29 bits per heavy atom. The largest absolute Gasteiger partial charge is 0.384 e. The zero-order chi connectivity index (χ0) is 15.2. The summed E-state index contributed by atoms with van der Waals surface area (Å²) >= 11 is 0. The van der Waals surface area contributed by atoms with E-state index in [1.165, 1.54) is 0 Å². The lowest BCUT2D eigenvalue weighted by molar-refractivity contribution is 0.0781. The van der Waals surface area contributed by atoms with Crippen LogP contribution in [0.15, 0.2) is 24.3 Å². The van der Waals surface area contributed by atoms with E-state index in [-0.39, 0.29) is 12.5 Å². The quantitative estimate of drug-likeness (QED) is 0.814. The molecule has 0 atom stereocenters. The molecule has 0 unspecified atom stereocenters. The van der Waals surface area contributed by atoms with Gasteiger partial charge in [-0.25, -0.2) is 4.98 Å². The van der Waals surface area contributed by atoms with Crippen molar-refractivity contribution in [1.29, 1.82) is 0 Å². The minimum Gasteiger partial charge on any atom is -0.384 e. The van der Waals surface area contributed by atoms with Crippen LogP contribution in [0.1, 0.15) is 27.6 Å². The summed E-state index contributed by atoms with van der Waals surface area (Å²) in [6, 6.07) is 6.98. The predicted octanol–water partition coefficient (Wildman–Crippen LogP) is 0.729. The molecule has 0 saturated heterocycles. The van der Waals surface area contributed by atoms with Gasteiger partial charge in [-0.2, -0.15) is 5.10 Å². The molecule has 1 aromatic heterocycles. The fourth-order valence-electron chi connectivity index (χ4n) is 1.84. The number of aliphatic hydroxyl groups excluding tert-OH is 1. The minimum atomic E-state index is -0.206. The molecule has 0 radical (unpaired) electrons. The number of nitrogens with zero attached hydrogens (tertiary/aromatic N) is 3. The second-order valence-corrected chi connectivity index (χ2v) is 4.54. The smallest absolute Gasteiger partial charge is 0.254 e. The predicted molar refractivity (Wildman–Crippen MR) is 77.3 cm³/mol. The summed E-state index contributed by atoms with van der Waals surface area (Å²) in [4.78, 5) is 18.1. The molecule has 0 saturated carbocycles. The van der Waals surface area contributed by atoms with Crippen molar-refractivity contribution in [1.82, 2.24) is 20.1 Å². The molecular weight excluding hydrogens is 268 g/mol. The van der Waals surface area contributed by atoms with Crippen LogP contribution in [0.3, 0.4) is 0 Å². The van der Waals surface area contributed by atoms with Crippen molar-refractivity contribution in [3.05, 3.63) is 47.0 Å². The summed E-state index contributed by atoms with van der Waals surface area (Å²) in [7, 11) is 1.69. The summed E-state index contributed by atoms with van der Waals surface area (Å²) < 4.78 is 0. The van der Waals surface area contributed by atoms with E-state index < -0.39 is 0 Å². The lowest BCUT2D eigenvalue weighted by atomic mass is 10.1. The Bertz CT molecular complexity index is 697. The molecule has 2 N–H and O–H groups in total. The van der Waals surface area contributed by atoms with Gasteiger partial charge >= 0.3 is 0 Å². The first-order chi connectivity index (χ1) is 10.1. The maximum absolute atomic E-state index is 12.3. The van der Waals surface area contributed by atoms with Crippen molar-refractivity contribution >= 4 is 5.91 Å². The normalized spacial score (nSPS) is 9.86. The van der Waals surface area contributed by atoms with Crippen LogP contribution in [0.25, 0.3) is 0 Å². The summed E-state index contributed by atoms with van der Waals surface area (Å²) in [6.45, 7) is 1.93. The number of nitrogens with one attached hydrogen (secondary N) is 1. The number of H-pyrrole nitrogens is 1. The van der Waals surface area contributed by atoms with E-state index in [1.54, 1.807) is 36.2 Å². The molecule has 6 nitrogen and oxygen atoms in total. The number of carbonyl (C=O) groups excluding carboxylic acids is 1. The van der Waals surface area contributed by atoms with Crippen LogP contribution in [0.5, 0.6) is 0 Å². The summed E-state index contributed by atoms with van der Waals surface area (Å²) in [6.07, 6.45) is 0. The van der Waals surface area contributed by atoms with Gasteiger partial charge in [0.05, 0.1) is 6.54 Å². The minimum absolute atomic E-state index is 0.134. The zero-order valence-corrected chi connectivity index (χ0v) is 11.9. The lowest BCUT2D eigenvalue weighted by Gasteiger charge is -2.15. The number of rotatable bonds is 3. The lowest BCUT2D eigenvalue weighted by Crippen LogP contribution is -2.26. The van der Waals surface area contributed by atoms with Gasteiger partial charge in [-0.15, -0.1) is 0 Å². The number of aliphatic hydroxyl groups is 1. The van der Waals surface area contributed by atoms with Crippen LogP contribution in [0, 0.1) is 18.8 Å². The molecule has 0 aliphatic rings. The van der Waals surface area contributed by atoms with Crippen LogP contribution in [-0.2, 0) is 6.54 Å². The van der Waals surface area contributed by atoms with Crippen LogP contribution >= 0.6 is 0 Å². The molecule has 1 amide bonds. The highest BCUT2D eigenvalue weighted by molar-refractivity contribution is 5.94. The molecule has 6 heteroatoms. The standard InChI is InChI=1S/C15H16N4O2/c1-11-16-14(18-17-11)10-19(2)15(21)13-7-3-5-12(9-13)6-4-8-20/h3,5,7,9,20H,8,10H2,1-2H3,(H,16,17,18). The maximum Gasteiger partial charge on any atom is 0.254 e. The van der Waals surface area contributed by atoms with Crippen molar-refractivity contribution < 1.29 is 9.90 Å². The number of aromatic nitrogens is 3. The summed E-state index contributed by atoms with van der Waals surface area (Å²) in [5.41, 5.74) is 1.23. The Hall–Kier alpha value is -2.65. The first-order valence-corrected chi connectivity index (χ1v) is 6.43. The van der Waals surface area contributed by atoms with Crippen LogP contribution in [0.2, 0.25) is 0 Å². The molecule has 0 aliphatic carbocycles. The highest BCUT2D eigenvalue weighted by Crippen LogP contribution is 2.08. The third kappa shape index (κ3) is 3.91. The monoisotopic (exact) mass is 284 g/mol. The third-order valence-corrected chi connectivity index (χ3v) is 2.79. The van der Waals surface area contributed by atoms with Gasteiger partial charge in [0.2, 0.25) is 0 Å². The fraction of sp³-hybridized carbons (Fsp3) is 0.267. The molecule has 0 spiro atoms. The van der Waals surface area contributed by atoms with Gasteiger partial charge in [-0.1, -0.05) is 17.9 Å². The maximum atomic E-state index is 12.3. The third-order valence-electron chi connectivity index (χ3n) is 2.79. The molecule has 108 valence electrons.